The van der Waals surface area contributed by atoms with E-state index in [1.807, 2.05) is 56.3 Å². The number of hydrogen-bond acceptors (Lipinski definition) is 9. The van der Waals surface area contributed by atoms with E-state index in [1.165, 1.54) is 0 Å². The number of pyridine rings is 1. The monoisotopic (exact) mass is 821 g/mol. The second-order valence-corrected chi connectivity index (χ2v) is 11.5. The van der Waals surface area contributed by atoms with Crippen molar-refractivity contribution in [2.45, 2.75) is 76.4 Å². The molecule has 3 rings (SSSR count). The summed E-state index contributed by atoms with van der Waals surface area (Å²) in [5, 5.41) is 25.5. The minimum absolute atomic E-state index is 0.00619. The molecule has 56 heavy (non-hydrogen) atoms. The van der Waals surface area contributed by atoms with Crippen molar-refractivity contribution in [3.8, 4) is 17.1 Å². The molecule has 2 heterocycles. The molecule has 0 bridgehead atoms. The van der Waals surface area contributed by atoms with Gasteiger partial charge in [-0.3, -0.25) is 9.59 Å². The van der Waals surface area contributed by atoms with Gasteiger partial charge >= 0.3 is 36.4 Å². The summed E-state index contributed by atoms with van der Waals surface area (Å²) in [6.07, 6.45) is -8.41. The summed E-state index contributed by atoms with van der Waals surface area (Å²) in [6.45, 7) is 2.58. The molecule has 3 aromatic rings. The zero-order valence-corrected chi connectivity index (χ0v) is 30.2. The first kappa shape index (κ1) is 50.5. The van der Waals surface area contributed by atoms with Crippen molar-refractivity contribution in [3.05, 3.63) is 42.4 Å². The number of ketones is 1. The Hall–Kier alpha value is -5.48. The summed E-state index contributed by atoms with van der Waals surface area (Å²) in [4.78, 5) is 65.6. The molecule has 0 spiro atoms. The maximum atomic E-state index is 12.6. The average Bonchev–Trinajstić information content (AvgIpc) is 3.59. The Morgan fingerprint density at radius 2 is 1.36 bits per heavy atom. The number of imidazole rings is 1. The predicted octanol–water partition coefficient (Wildman–Crippen LogP) is 6.57. The molecule has 14 nitrogen and oxygen atoms in total. The lowest BCUT2D eigenvalue weighted by atomic mass is 10.0. The van der Waals surface area contributed by atoms with Crippen molar-refractivity contribution < 1.29 is 83.5 Å². The number of methoxy groups -OCH3 is 1. The van der Waals surface area contributed by atoms with Gasteiger partial charge in [0, 0.05) is 37.3 Å². The molecule has 2 aromatic heterocycles. The number of halogens is 9. The van der Waals surface area contributed by atoms with Crippen LogP contribution < -0.4 is 10.1 Å². The normalized spacial score (nSPS) is 11.8. The summed E-state index contributed by atoms with van der Waals surface area (Å²) in [6, 6.07) is 9.51. The number of nitrogens with one attached hydrogen (secondary N) is 2. The van der Waals surface area contributed by atoms with Crippen molar-refractivity contribution in [2.75, 3.05) is 27.7 Å². The highest BCUT2D eigenvalue weighted by atomic mass is 19.4. The number of benzene rings is 1. The zero-order valence-electron chi connectivity index (χ0n) is 30.2. The lowest BCUT2D eigenvalue weighted by Crippen LogP contribution is -2.31. The van der Waals surface area contributed by atoms with Crippen LogP contribution in [0, 0.1) is 0 Å². The van der Waals surface area contributed by atoms with E-state index in [-0.39, 0.29) is 11.9 Å². The van der Waals surface area contributed by atoms with Gasteiger partial charge in [-0.25, -0.2) is 24.4 Å². The van der Waals surface area contributed by atoms with Crippen LogP contribution in [-0.4, -0.2) is 111 Å². The number of carbonyl (C=O) groups is 5. The second-order valence-electron chi connectivity index (χ2n) is 11.5. The van der Waals surface area contributed by atoms with Crippen LogP contribution in [-0.2, 0) is 24.0 Å². The first-order chi connectivity index (χ1) is 25.7. The summed E-state index contributed by atoms with van der Waals surface area (Å²) in [7, 11) is 5.55. The highest BCUT2D eigenvalue weighted by Gasteiger charge is 2.39. The highest BCUT2D eigenvalue weighted by molar-refractivity contribution is 5.87. The van der Waals surface area contributed by atoms with Crippen molar-refractivity contribution >= 4 is 40.5 Å². The number of Topliss-reactive ketones (excluding diaryl/α,β-unsaturated/α-hetero) is 1. The number of aromatic nitrogens is 3. The Kier molecular flexibility index (Phi) is 21.1. The van der Waals surface area contributed by atoms with Crippen LogP contribution in [0.5, 0.6) is 5.75 Å². The van der Waals surface area contributed by atoms with Gasteiger partial charge in [-0.15, -0.1) is 0 Å². The fraction of sp³-hybridized carbons (Fsp3) is 0.485. The van der Waals surface area contributed by atoms with Crippen LogP contribution in [0.3, 0.4) is 0 Å². The Balaban J connectivity index is 0.00000117. The van der Waals surface area contributed by atoms with Gasteiger partial charge in [0.1, 0.15) is 17.4 Å². The van der Waals surface area contributed by atoms with Crippen LogP contribution in [0.2, 0.25) is 0 Å². The minimum atomic E-state index is -5.08. The molecular weight excluding hydrogens is 781 g/mol. The Morgan fingerprint density at radius 1 is 0.839 bits per heavy atom. The van der Waals surface area contributed by atoms with Crippen molar-refractivity contribution in [2.24, 2.45) is 0 Å². The number of nitrogens with zero attached hydrogens (tertiary/aromatic N) is 3. The number of fused-ring (bicyclic) bond motifs is 1. The molecule has 0 radical (unpaired) electrons. The first-order valence-electron chi connectivity index (χ1n) is 16.1. The summed E-state index contributed by atoms with van der Waals surface area (Å²) in [5.74, 6) is -6.53. The minimum Gasteiger partial charge on any atom is -0.496 e. The number of carboxylic acids is 3. The third kappa shape index (κ3) is 20.3. The molecule has 23 heteroatoms. The van der Waals surface area contributed by atoms with Gasteiger partial charge in [0.25, 0.3) is 0 Å². The van der Waals surface area contributed by atoms with E-state index in [4.69, 9.17) is 39.4 Å². The molecule has 0 saturated carbocycles. The third-order valence-electron chi connectivity index (χ3n) is 6.79. The molecule has 0 aliphatic carbocycles. The average molecular weight is 822 g/mol. The van der Waals surface area contributed by atoms with Crippen LogP contribution in [0.25, 0.3) is 22.3 Å². The number of aromatic amines is 1. The topological polar surface area (TPSA) is 212 Å². The number of para-hydroxylation sites is 1. The number of aliphatic carboxylic acids is 3. The molecular formula is C33H40F9N5O9. The number of alkyl halides is 9. The molecule has 0 aliphatic heterocycles. The maximum Gasteiger partial charge on any atom is 0.490 e. The summed E-state index contributed by atoms with van der Waals surface area (Å²) in [5.41, 5.74) is 2.34. The van der Waals surface area contributed by atoms with Crippen LogP contribution in [0.4, 0.5) is 39.5 Å². The first-order valence-corrected chi connectivity index (χ1v) is 16.1. The number of carboxylic acid groups (broad SMARTS) is 3. The van der Waals surface area contributed by atoms with Crippen LogP contribution in [0.15, 0.2) is 36.5 Å². The number of unbranched alkanes of at least 4 members (excludes halogenated alkanes) is 2. The largest absolute Gasteiger partial charge is 0.496 e. The van der Waals surface area contributed by atoms with Crippen molar-refractivity contribution in [1.82, 2.24) is 25.2 Å². The molecule has 1 atom stereocenters. The lowest BCUT2D eigenvalue weighted by molar-refractivity contribution is -0.193. The Morgan fingerprint density at radius 3 is 1.82 bits per heavy atom. The third-order valence-corrected chi connectivity index (χ3v) is 6.79. The van der Waals surface area contributed by atoms with E-state index in [2.05, 4.69) is 15.3 Å². The van der Waals surface area contributed by atoms with Gasteiger partial charge in [0.2, 0.25) is 5.91 Å². The summed E-state index contributed by atoms with van der Waals surface area (Å²) < 4.78 is 101. The number of H-pyrrole nitrogens is 1. The smallest absolute Gasteiger partial charge is 0.490 e. The van der Waals surface area contributed by atoms with Gasteiger partial charge in [0.05, 0.1) is 36.3 Å². The van der Waals surface area contributed by atoms with Crippen LogP contribution in [0.1, 0.15) is 63.7 Å². The number of carbonyl (C=O) groups excluding carboxylic acids is 2. The lowest BCUT2D eigenvalue weighted by Gasteiger charge is -2.18. The fourth-order valence-corrected chi connectivity index (χ4v) is 3.99. The number of rotatable bonds is 14. The van der Waals surface area contributed by atoms with E-state index in [0.29, 0.717) is 37.4 Å². The second kappa shape index (κ2) is 23.4. The Labute approximate surface area is 313 Å². The van der Waals surface area contributed by atoms with Gasteiger partial charge in [-0.1, -0.05) is 31.9 Å². The molecule has 314 valence electrons. The van der Waals surface area contributed by atoms with Crippen molar-refractivity contribution in [1.29, 1.82) is 0 Å². The quantitative estimate of drug-likeness (QED) is 0.0863. The van der Waals surface area contributed by atoms with E-state index in [1.54, 1.807) is 13.3 Å². The molecule has 0 unspecified atom stereocenters. The Bertz CT molecular complexity index is 1670. The van der Waals surface area contributed by atoms with Gasteiger partial charge in [-0.05, 0) is 39.1 Å². The van der Waals surface area contributed by atoms with E-state index >= 15 is 0 Å². The SMILES string of the molecule is CCC(=O)CCCCC[C@H](NC(=O)CCN(C)C)c1ncc(-c2cc(OC)c3ccccc3n2)[nH]1.O=C(O)C(F)(F)F.O=C(O)C(F)(F)F.O=C(O)C(F)(F)F. The van der Waals surface area contributed by atoms with E-state index in [0.717, 1.165) is 53.7 Å². The molecule has 5 N–H and O–H groups in total. The number of hydrogen-bond donors (Lipinski definition) is 5. The van der Waals surface area contributed by atoms with E-state index in [9.17, 15) is 49.1 Å². The van der Waals surface area contributed by atoms with Gasteiger partial charge < -0.3 is 35.3 Å². The van der Waals surface area contributed by atoms with Crippen LogP contribution >= 0.6 is 0 Å². The standard InChI is InChI=1S/C27H37N5O3.3C2HF3O2/c1-5-19(33)11-7-6-8-14-22(30-26(34)15-16-32(2)3)27-28-18-24(31-27)23-17-25(35-4)20-12-9-10-13-21(20)29-23;3*3-2(4,5)1(6)7/h9-10,12-13,17-18,22H,5-8,11,14-16H2,1-4H3,(H,28,31)(H,30,34);3*(H,6,7)/t22-;;;/m0.../s1. The zero-order chi connectivity index (χ0) is 43.4. The fourth-order valence-electron chi connectivity index (χ4n) is 3.99. The maximum absolute atomic E-state index is 12.6. The van der Waals surface area contributed by atoms with Gasteiger partial charge in [-0.2, -0.15) is 39.5 Å². The van der Waals surface area contributed by atoms with E-state index < -0.39 is 36.4 Å². The molecule has 0 aliphatic rings. The van der Waals surface area contributed by atoms with Gasteiger partial charge in [0.15, 0.2) is 0 Å². The molecule has 0 fully saturated rings. The highest BCUT2D eigenvalue weighted by Crippen LogP contribution is 2.30. The van der Waals surface area contributed by atoms with Crippen molar-refractivity contribution in [3.63, 3.8) is 0 Å². The number of amides is 1. The predicted molar refractivity (Wildman–Crippen MR) is 179 cm³/mol. The summed E-state index contributed by atoms with van der Waals surface area (Å²) >= 11 is 0. The molecule has 0 saturated heterocycles. The number of ether oxygens (including phenoxy) is 1. The molecule has 1 amide bonds. The molecule has 1 aromatic carbocycles.